The Balaban J connectivity index is 2.38. The highest BCUT2D eigenvalue weighted by atomic mass is 32.3. The Morgan fingerprint density at radius 1 is 0.762 bits per heavy atom. The summed E-state index contributed by atoms with van der Waals surface area (Å²) in [7, 11) is -10.7. The zero-order chi connectivity index (χ0) is 15.4. The Hall–Kier alpha value is -1.80. The average molecular weight is 330 g/mol. The van der Waals surface area contributed by atoms with Gasteiger partial charge in [-0.15, -0.1) is 7.77 Å². The van der Waals surface area contributed by atoms with Gasteiger partial charge in [-0.05, 0) is 40.8 Å². The molecule has 2 aromatic carbocycles. The van der Waals surface area contributed by atoms with Crippen LogP contribution in [-0.2, 0) is 26.9 Å². The van der Waals surface area contributed by atoms with E-state index >= 15 is 0 Å². The fraction of sp³-hybridized carbons (Fsp3) is 0.0769. The molecule has 0 aromatic heterocycles. The molecule has 1 aliphatic carbocycles. The first-order valence-corrected chi connectivity index (χ1v) is 8.59. The predicted octanol–water partition coefficient (Wildman–Crippen LogP) is 2.57. The molecular weight excluding hydrogens is 322 g/mol. The van der Waals surface area contributed by atoms with Gasteiger partial charge in [-0.2, -0.15) is 16.8 Å². The highest BCUT2D eigenvalue weighted by Gasteiger charge is 2.30. The van der Waals surface area contributed by atoms with Gasteiger partial charge >= 0.3 is 20.4 Å². The Kier molecular flexibility index (Phi) is 2.93. The maximum atomic E-state index is 13.3. The van der Waals surface area contributed by atoms with E-state index in [-0.39, 0.29) is 0 Å². The van der Waals surface area contributed by atoms with E-state index in [9.17, 15) is 24.6 Å². The summed E-state index contributed by atoms with van der Waals surface area (Å²) in [5, 5.41) is 0. The normalized spacial score (nSPS) is 13.8. The van der Waals surface area contributed by atoms with Crippen LogP contribution in [0, 0.1) is 0 Å². The molecule has 2 aromatic rings. The number of rotatable bonds is 2. The lowest BCUT2D eigenvalue weighted by Gasteiger charge is -2.07. The smallest absolute Gasteiger partial charge is 0.189 e. The Morgan fingerprint density at radius 2 is 1.33 bits per heavy atom. The molecule has 0 fully saturated rings. The van der Waals surface area contributed by atoms with Gasteiger partial charge in [0, 0.05) is 0 Å². The van der Waals surface area contributed by atoms with Crippen LogP contribution in [0.15, 0.2) is 46.2 Å². The minimum Gasteiger partial charge on any atom is -0.189 e. The van der Waals surface area contributed by atoms with Crippen LogP contribution in [0.25, 0.3) is 11.1 Å². The molecular formula is C13H8F2O4S2. The monoisotopic (exact) mass is 330 g/mol. The third-order valence-electron chi connectivity index (χ3n) is 3.38. The third-order valence-corrected chi connectivity index (χ3v) is 5.24. The summed E-state index contributed by atoms with van der Waals surface area (Å²) in [4.78, 5) is -2.32. The molecule has 0 saturated heterocycles. The average Bonchev–Trinajstić information content (AvgIpc) is 2.73. The second-order valence-corrected chi connectivity index (χ2v) is 7.30. The topological polar surface area (TPSA) is 68.3 Å². The second kappa shape index (κ2) is 4.35. The van der Waals surface area contributed by atoms with E-state index in [2.05, 4.69) is 0 Å². The molecule has 0 saturated carbocycles. The summed E-state index contributed by atoms with van der Waals surface area (Å²) in [5.41, 5.74) is 2.36. The molecule has 0 heterocycles. The molecule has 110 valence electrons. The molecule has 21 heavy (non-hydrogen) atoms. The lowest BCUT2D eigenvalue weighted by Crippen LogP contribution is -2.04. The molecule has 4 nitrogen and oxygen atoms in total. The first-order chi connectivity index (χ1) is 9.68. The SMILES string of the molecule is O=S(=O)(F)c1cc2c(cc1S(=O)(=O)F)-c1ccccc1C2. The molecule has 0 aliphatic heterocycles. The molecule has 0 atom stereocenters. The van der Waals surface area contributed by atoms with E-state index in [1.165, 1.54) is 0 Å². The fourth-order valence-electron chi connectivity index (χ4n) is 2.52. The third kappa shape index (κ3) is 2.34. The van der Waals surface area contributed by atoms with Crippen molar-refractivity contribution in [2.75, 3.05) is 0 Å². The lowest BCUT2D eigenvalue weighted by atomic mass is 10.1. The van der Waals surface area contributed by atoms with E-state index in [4.69, 9.17) is 0 Å². The summed E-state index contributed by atoms with van der Waals surface area (Å²) in [6.07, 6.45) is 0.334. The van der Waals surface area contributed by atoms with Gasteiger partial charge in [0.25, 0.3) is 0 Å². The van der Waals surface area contributed by atoms with Gasteiger partial charge < -0.3 is 0 Å². The van der Waals surface area contributed by atoms with Crippen molar-refractivity contribution in [1.82, 2.24) is 0 Å². The van der Waals surface area contributed by atoms with Crippen molar-refractivity contribution in [2.45, 2.75) is 16.2 Å². The number of hydrogen-bond donors (Lipinski definition) is 0. The van der Waals surface area contributed by atoms with Crippen LogP contribution in [-0.4, -0.2) is 16.8 Å². The van der Waals surface area contributed by atoms with Crippen molar-refractivity contribution >= 4 is 20.4 Å². The Morgan fingerprint density at radius 3 is 1.95 bits per heavy atom. The van der Waals surface area contributed by atoms with Gasteiger partial charge in [-0.25, -0.2) is 0 Å². The summed E-state index contributed by atoms with van der Waals surface area (Å²) < 4.78 is 70.9. The standard InChI is InChI=1S/C13H8F2O4S2/c14-20(16,17)12-6-9-5-8-3-1-2-4-10(8)11(9)7-13(12)21(15,18)19/h1-4,6-7H,5H2. The number of halogens is 2. The zero-order valence-electron chi connectivity index (χ0n) is 10.4. The molecule has 3 rings (SSSR count). The molecule has 0 amide bonds. The summed E-state index contributed by atoms with van der Waals surface area (Å²) in [6.45, 7) is 0. The molecule has 0 N–H and O–H groups in total. The van der Waals surface area contributed by atoms with Gasteiger partial charge in [-0.3, -0.25) is 0 Å². The number of hydrogen-bond acceptors (Lipinski definition) is 4. The lowest BCUT2D eigenvalue weighted by molar-refractivity contribution is 0.535. The van der Waals surface area contributed by atoms with Crippen LogP contribution in [0.3, 0.4) is 0 Å². The van der Waals surface area contributed by atoms with Crippen molar-refractivity contribution in [2.24, 2.45) is 0 Å². The van der Waals surface area contributed by atoms with Crippen LogP contribution >= 0.6 is 0 Å². The molecule has 0 spiro atoms. The minimum absolute atomic E-state index is 0.334. The van der Waals surface area contributed by atoms with E-state index < -0.39 is 30.2 Å². The number of fused-ring (bicyclic) bond motifs is 3. The summed E-state index contributed by atoms with van der Waals surface area (Å²) in [6, 6.07) is 8.74. The van der Waals surface area contributed by atoms with Gasteiger partial charge in [0.2, 0.25) is 0 Å². The van der Waals surface area contributed by atoms with E-state index in [0.717, 1.165) is 17.7 Å². The number of benzene rings is 2. The maximum Gasteiger partial charge on any atom is 0.333 e. The van der Waals surface area contributed by atoms with Crippen LogP contribution in [0.5, 0.6) is 0 Å². The van der Waals surface area contributed by atoms with Crippen LogP contribution in [0.2, 0.25) is 0 Å². The molecule has 1 aliphatic rings. The van der Waals surface area contributed by atoms with E-state index in [1.54, 1.807) is 24.3 Å². The van der Waals surface area contributed by atoms with Crippen molar-refractivity contribution in [3.63, 3.8) is 0 Å². The first kappa shape index (κ1) is 14.2. The predicted molar refractivity (Wildman–Crippen MR) is 71.3 cm³/mol. The molecule has 0 radical (unpaired) electrons. The Labute approximate surface area is 120 Å². The molecule has 8 heteroatoms. The van der Waals surface area contributed by atoms with Gasteiger partial charge in [-0.1, -0.05) is 24.3 Å². The van der Waals surface area contributed by atoms with E-state index in [0.29, 0.717) is 23.1 Å². The quantitative estimate of drug-likeness (QED) is 0.677. The maximum absolute atomic E-state index is 13.3. The van der Waals surface area contributed by atoms with Crippen LogP contribution in [0.4, 0.5) is 7.77 Å². The molecule has 0 bridgehead atoms. The van der Waals surface area contributed by atoms with Crippen LogP contribution < -0.4 is 0 Å². The van der Waals surface area contributed by atoms with E-state index in [1.807, 2.05) is 0 Å². The van der Waals surface area contributed by atoms with Gasteiger partial charge in [0.05, 0.1) is 0 Å². The van der Waals surface area contributed by atoms with Gasteiger partial charge in [0.1, 0.15) is 9.79 Å². The Bertz CT molecular complexity index is 964. The minimum atomic E-state index is -5.36. The highest BCUT2D eigenvalue weighted by molar-refractivity contribution is 7.89. The first-order valence-electron chi connectivity index (χ1n) is 5.82. The fourth-order valence-corrected chi connectivity index (χ4v) is 4.26. The van der Waals surface area contributed by atoms with Crippen molar-refractivity contribution in [3.8, 4) is 11.1 Å². The largest absolute Gasteiger partial charge is 0.333 e. The van der Waals surface area contributed by atoms with Crippen molar-refractivity contribution < 1.29 is 24.6 Å². The van der Waals surface area contributed by atoms with Crippen LogP contribution in [0.1, 0.15) is 11.1 Å². The summed E-state index contributed by atoms with van der Waals surface area (Å²) in [5.74, 6) is 0. The van der Waals surface area contributed by atoms with Gasteiger partial charge in [0.15, 0.2) is 0 Å². The highest BCUT2D eigenvalue weighted by Crippen LogP contribution is 2.40. The molecule has 0 unspecified atom stereocenters. The van der Waals surface area contributed by atoms with Crippen molar-refractivity contribution in [3.05, 3.63) is 47.5 Å². The summed E-state index contributed by atoms with van der Waals surface area (Å²) >= 11 is 0. The zero-order valence-corrected chi connectivity index (χ0v) is 12.0. The van der Waals surface area contributed by atoms with Crippen molar-refractivity contribution in [1.29, 1.82) is 0 Å². The second-order valence-electron chi connectivity index (χ2n) is 4.67.